The summed E-state index contributed by atoms with van der Waals surface area (Å²) in [7, 11) is 0. The topological polar surface area (TPSA) is 20.2 Å². The summed E-state index contributed by atoms with van der Waals surface area (Å²) in [6.07, 6.45) is 8.01. The first-order chi connectivity index (χ1) is 7.43. The highest BCUT2D eigenvalue weighted by Gasteiger charge is 2.31. The van der Waals surface area contributed by atoms with E-state index in [1.165, 1.54) is 25.7 Å². The van der Waals surface area contributed by atoms with Crippen molar-refractivity contribution in [2.45, 2.75) is 78.2 Å². The van der Waals surface area contributed by atoms with Crippen molar-refractivity contribution in [2.24, 2.45) is 17.8 Å². The number of hydrogen-bond acceptors (Lipinski definition) is 1. The first-order valence-corrected chi connectivity index (χ1v) is 7.15. The molecule has 1 aliphatic carbocycles. The van der Waals surface area contributed by atoms with Gasteiger partial charge in [-0.05, 0) is 49.9 Å². The van der Waals surface area contributed by atoms with Crippen LogP contribution in [0.2, 0.25) is 0 Å². The lowest BCUT2D eigenvalue weighted by molar-refractivity contribution is 0.0102. The highest BCUT2D eigenvalue weighted by atomic mass is 16.3. The highest BCUT2D eigenvalue weighted by molar-refractivity contribution is 4.84. The Hall–Kier alpha value is -0.0400. The van der Waals surface area contributed by atoms with Gasteiger partial charge in [-0.15, -0.1) is 0 Å². The smallest absolute Gasteiger partial charge is 0.0648 e. The van der Waals surface area contributed by atoms with E-state index in [0.717, 1.165) is 31.1 Å². The molecule has 1 heteroatoms. The van der Waals surface area contributed by atoms with Gasteiger partial charge in [0.1, 0.15) is 0 Å². The van der Waals surface area contributed by atoms with E-state index >= 15 is 0 Å². The van der Waals surface area contributed by atoms with Crippen molar-refractivity contribution >= 4 is 0 Å². The van der Waals surface area contributed by atoms with Crippen molar-refractivity contribution in [3.8, 4) is 0 Å². The molecule has 0 saturated heterocycles. The Balaban J connectivity index is 2.44. The van der Waals surface area contributed by atoms with E-state index < -0.39 is 0 Å². The quantitative estimate of drug-likeness (QED) is 0.705. The van der Waals surface area contributed by atoms with Crippen LogP contribution in [0.5, 0.6) is 0 Å². The number of aliphatic hydroxyl groups is 1. The predicted molar refractivity (Wildman–Crippen MR) is 70.4 cm³/mol. The Bertz CT molecular complexity index is 198. The molecule has 0 radical (unpaired) electrons. The Kier molecular flexibility index (Phi) is 5.30. The second kappa shape index (κ2) is 6.05. The van der Waals surface area contributed by atoms with Crippen LogP contribution in [0.25, 0.3) is 0 Å². The lowest BCUT2D eigenvalue weighted by Crippen LogP contribution is -2.28. The molecule has 1 N–H and O–H groups in total. The summed E-state index contributed by atoms with van der Waals surface area (Å²) >= 11 is 0. The molecule has 96 valence electrons. The lowest BCUT2D eigenvalue weighted by atomic mass is 9.85. The van der Waals surface area contributed by atoms with Gasteiger partial charge in [-0.25, -0.2) is 0 Å². The summed E-state index contributed by atoms with van der Waals surface area (Å²) in [6.45, 7) is 9.14. The molecule has 1 fully saturated rings. The second-order valence-electron chi connectivity index (χ2n) is 6.59. The fourth-order valence-electron chi connectivity index (χ4n) is 2.89. The normalized spacial score (nSPS) is 32.1. The molecule has 0 heterocycles. The van der Waals surface area contributed by atoms with Crippen LogP contribution in [0.1, 0.15) is 72.6 Å². The third kappa shape index (κ3) is 4.45. The largest absolute Gasteiger partial charge is 0.390 e. The van der Waals surface area contributed by atoms with Gasteiger partial charge < -0.3 is 5.11 Å². The van der Waals surface area contributed by atoms with E-state index in [-0.39, 0.29) is 5.60 Å². The molecule has 0 aromatic rings. The molecule has 2 atom stereocenters. The van der Waals surface area contributed by atoms with Crippen molar-refractivity contribution in [1.82, 2.24) is 0 Å². The third-order valence-electron chi connectivity index (χ3n) is 4.33. The van der Waals surface area contributed by atoms with E-state index in [4.69, 9.17) is 0 Å². The predicted octanol–water partition coefficient (Wildman–Crippen LogP) is 4.39. The molecule has 1 nitrogen and oxygen atoms in total. The van der Waals surface area contributed by atoms with Crippen LogP contribution in [0.15, 0.2) is 0 Å². The van der Waals surface area contributed by atoms with Gasteiger partial charge in [-0.1, -0.05) is 40.5 Å². The molecule has 0 amide bonds. The summed E-state index contributed by atoms with van der Waals surface area (Å²) < 4.78 is 0. The van der Waals surface area contributed by atoms with E-state index in [1.54, 1.807) is 0 Å². The average Bonchev–Trinajstić information content (AvgIpc) is 2.38. The van der Waals surface area contributed by atoms with E-state index in [9.17, 15) is 5.11 Å². The average molecular weight is 226 g/mol. The summed E-state index contributed by atoms with van der Waals surface area (Å²) in [4.78, 5) is 0. The molecule has 1 rings (SSSR count). The maximum Gasteiger partial charge on any atom is 0.0648 e. The maximum atomic E-state index is 10.6. The molecule has 0 spiro atoms. The molecule has 0 aromatic carbocycles. The van der Waals surface area contributed by atoms with E-state index in [0.29, 0.717) is 5.92 Å². The third-order valence-corrected chi connectivity index (χ3v) is 4.33. The van der Waals surface area contributed by atoms with E-state index in [1.807, 2.05) is 0 Å². The summed E-state index contributed by atoms with van der Waals surface area (Å²) in [5, 5.41) is 10.6. The van der Waals surface area contributed by atoms with Gasteiger partial charge in [0.15, 0.2) is 0 Å². The summed E-state index contributed by atoms with van der Waals surface area (Å²) in [6, 6.07) is 0. The van der Waals surface area contributed by atoms with Crippen LogP contribution in [-0.4, -0.2) is 10.7 Å². The summed E-state index contributed by atoms with van der Waals surface area (Å²) in [5.74, 6) is 2.34. The standard InChI is InChI=1S/C15H30O/c1-12(2)7-10-15(16)9-5-6-14(8-11-15)13(3)4/h12-14,16H,5-11H2,1-4H3. The number of hydrogen-bond donors (Lipinski definition) is 1. The van der Waals surface area contributed by atoms with Crippen LogP contribution in [0, 0.1) is 17.8 Å². The minimum absolute atomic E-state index is 0.339. The Labute approximate surface area is 102 Å². The monoisotopic (exact) mass is 226 g/mol. The first kappa shape index (κ1) is 14.0. The summed E-state index contributed by atoms with van der Waals surface area (Å²) in [5.41, 5.74) is -0.339. The fraction of sp³-hybridized carbons (Fsp3) is 1.00. The zero-order valence-electron chi connectivity index (χ0n) is 11.6. The second-order valence-corrected chi connectivity index (χ2v) is 6.59. The Morgan fingerprint density at radius 2 is 1.81 bits per heavy atom. The molecular formula is C15H30O. The van der Waals surface area contributed by atoms with Crippen molar-refractivity contribution in [3.05, 3.63) is 0 Å². The van der Waals surface area contributed by atoms with E-state index in [2.05, 4.69) is 27.7 Å². The fourth-order valence-corrected chi connectivity index (χ4v) is 2.89. The number of rotatable bonds is 4. The van der Waals surface area contributed by atoms with Crippen LogP contribution in [0.4, 0.5) is 0 Å². The van der Waals surface area contributed by atoms with Gasteiger partial charge in [-0.2, -0.15) is 0 Å². The molecule has 1 saturated carbocycles. The Morgan fingerprint density at radius 1 is 1.12 bits per heavy atom. The van der Waals surface area contributed by atoms with Gasteiger partial charge in [0.2, 0.25) is 0 Å². The minimum atomic E-state index is -0.339. The van der Waals surface area contributed by atoms with Gasteiger partial charge in [0.05, 0.1) is 5.60 Å². The molecular weight excluding hydrogens is 196 g/mol. The lowest BCUT2D eigenvalue weighted by Gasteiger charge is -2.28. The first-order valence-electron chi connectivity index (χ1n) is 7.15. The van der Waals surface area contributed by atoms with Crippen molar-refractivity contribution in [3.63, 3.8) is 0 Å². The maximum absolute atomic E-state index is 10.6. The SMILES string of the molecule is CC(C)CCC1(O)CCCC(C(C)C)CC1. The molecule has 1 aliphatic rings. The van der Waals surface area contributed by atoms with Crippen molar-refractivity contribution in [1.29, 1.82) is 0 Å². The molecule has 0 aliphatic heterocycles. The van der Waals surface area contributed by atoms with Crippen LogP contribution >= 0.6 is 0 Å². The van der Waals surface area contributed by atoms with Crippen LogP contribution < -0.4 is 0 Å². The van der Waals surface area contributed by atoms with Gasteiger partial charge in [0.25, 0.3) is 0 Å². The molecule has 2 unspecified atom stereocenters. The van der Waals surface area contributed by atoms with Gasteiger partial charge in [-0.3, -0.25) is 0 Å². The molecule has 0 aromatic heterocycles. The van der Waals surface area contributed by atoms with Gasteiger partial charge >= 0.3 is 0 Å². The Morgan fingerprint density at radius 3 is 2.38 bits per heavy atom. The van der Waals surface area contributed by atoms with Gasteiger partial charge in [0, 0.05) is 0 Å². The van der Waals surface area contributed by atoms with Crippen LogP contribution in [0.3, 0.4) is 0 Å². The molecule has 0 bridgehead atoms. The minimum Gasteiger partial charge on any atom is -0.390 e. The van der Waals surface area contributed by atoms with Crippen molar-refractivity contribution < 1.29 is 5.11 Å². The van der Waals surface area contributed by atoms with Crippen molar-refractivity contribution in [2.75, 3.05) is 0 Å². The zero-order valence-corrected chi connectivity index (χ0v) is 11.6. The molecule has 16 heavy (non-hydrogen) atoms. The zero-order chi connectivity index (χ0) is 12.2. The van der Waals surface area contributed by atoms with Crippen LogP contribution in [-0.2, 0) is 0 Å². The highest BCUT2D eigenvalue weighted by Crippen LogP contribution is 2.36.